The van der Waals surface area contributed by atoms with Crippen LogP contribution in [0.2, 0.25) is 5.02 Å². The Bertz CT molecular complexity index is 722. The number of hydrogen-bond acceptors (Lipinski definition) is 2. The van der Waals surface area contributed by atoms with Crippen LogP contribution in [0.15, 0.2) is 54.6 Å². The van der Waals surface area contributed by atoms with Crippen molar-refractivity contribution in [3.63, 3.8) is 0 Å². The van der Waals surface area contributed by atoms with Gasteiger partial charge in [0.25, 0.3) is 0 Å². The highest BCUT2D eigenvalue weighted by atomic mass is 35.5. The molecule has 0 amide bonds. The van der Waals surface area contributed by atoms with Crippen LogP contribution in [0.5, 0.6) is 5.75 Å². The van der Waals surface area contributed by atoms with Gasteiger partial charge in [0.05, 0.1) is 18.3 Å². The first-order valence-electron chi connectivity index (χ1n) is 5.97. The Hall–Kier alpha value is -2.06. The maximum atomic E-state index is 5.90. The van der Waals surface area contributed by atoms with Gasteiger partial charge in [0.15, 0.2) is 0 Å². The van der Waals surface area contributed by atoms with E-state index in [-0.39, 0.29) is 0 Å². The topological polar surface area (TPSA) is 22.1 Å². The summed E-state index contributed by atoms with van der Waals surface area (Å²) in [6.45, 7) is 0. The third kappa shape index (κ3) is 2.40. The lowest BCUT2D eigenvalue weighted by Gasteiger charge is -2.05. The Morgan fingerprint density at radius 1 is 0.947 bits per heavy atom. The summed E-state index contributed by atoms with van der Waals surface area (Å²) in [6.07, 6.45) is 0. The number of pyridine rings is 1. The normalized spacial score (nSPS) is 10.6. The number of rotatable bonds is 2. The molecule has 0 atom stereocenters. The summed E-state index contributed by atoms with van der Waals surface area (Å²) in [5.41, 5.74) is 2.90. The molecule has 0 aliphatic heterocycles. The Labute approximate surface area is 116 Å². The summed E-state index contributed by atoms with van der Waals surface area (Å²) in [5, 5.41) is 1.82. The van der Waals surface area contributed by atoms with E-state index in [4.69, 9.17) is 16.3 Å². The smallest absolute Gasteiger partial charge is 0.121 e. The molecular formula is C16H12ClNO. The fraction of sp³-hybridized carbons (Fsp3) is 0.0625. The van der Waals surface area contributed by atoms with E-state index in [9.17, 15) is 0 Å². The minimum atomic E-state index is 0.728. The van der Waals surface area contributed by atoms with Crippen molar-refractivity contribution in [2.24, 2.45) is 0 Å². The van der Waals surface area contributed by atoms with Gasteiger partial charge in [0, 0.05) is 22.0 Å². The van der Waals surface area contributed by atoms with Crippen LogP contribution in [-0.4, -0.2) is 12.1 Å². The van der Waals surface area contributed by atoms with Gasteiger partial charge in [-0.1, -0.05) is 29.8 Å². The van der Waals surface area contributed by atoms with Crippen molar-refractivity contribution < 1.29 is 4.74 Å². The van der Waals surface area contributed by atoms with E-state index in [1.165, 1.54) is 0 Å². The Kier molecular flexibility index (Phi) is 3.10. The lowest BCUT2D eigenvalue weighted by Crippen LogP contribution is -1.87. The summed E-state index contributed by atoms with van der Waals surface area (Å²) in [5.74, 6) is 0.813. The second-order valence-corrected chi connectivity index (χ2v) is 4.70. The highest BCUT2D eigenvalue weighted by Gasteiger charge is 2.02. The zero-order valence-electron chi connectivity index (χ0n) is 10.4. The van der Waals surface area contributed by atoms with E-state index in [2.05, 4.69) is 11.1 Å². The zero-order valence-corrected chi connectivity index (χ0v) is 11.2. The number of hydrogen-bond donors (Lipinski definition) is 0. The fourth-order valence-corrected chi connectivity index (χ4v) is 2.13. The number of methoxy groups -OCH3 is 1. The number of halogens is 1. The number of fused-ring (bicyclic) bond motifs is 1. The Morgan fingerprint density at radius 3 is 2.42 bits per heavy atom. The summed E-state index contributed by atoms with van der Waals surface area (Å²) in [6, 6.07) is 17.6. The van der Waals surface area contributed by atoms with E-state index >= 15 is 0 Å². The van der Waals surface area contributed by atoms with Crippen molar-refractivity contribution in [2.75, 3.05) is 7.11 Å². The second kappa shape index (κ2) is 4.90. The Morgan fingerprint density at radius 2 is 1.68 bits per heavy atom. The molecule has 0 N–H and O–H groups in total. The predicted molar refractivity (Wildman–Crippen MR) is 78.7 cm³/mol. The van der Waals surface area contributed by atoms with Gasteiger partial charge >= 0.3 is 0 Å². The van der Waals surface area contributed by atoms with Gasteiger partial charge in [-0.25, -0.2) is 4.98 Å². The highest BCUT2D eigenvalue weighted by Crippen LogP contribution is 2.24. The van der Waals surface area contributed by atoms with Gasteiger partial charge in [-0.3, -0.25) is 0 Å². The summed E-state index contributed by atoms with van der Waals surface area (Å²) >= 11 is 5.90. The van der Waals surface area contributed by atoms with Crippen LogP contribution in [0.25, 0.3) is 22.2 Å². The van der Waals surface area contributed by atoms with Crippen LogP contribution in [0.4, 0.5) is 0 Å². The Balaban J connectivity index is 2.12. The van der Waals surface area contributed by atoms with Crippen LogP contribution in [0.1, 0.15) is 0 Å². The van der Waals surface area contributed by atoms with Crippen molar-refractivity contribution in [3.05, 3.63) is 59.6 Å². The standard InChI is InChI=1S/C16H12ClNO/c1-19-14-8-4-12-5-9-15(18-16(12)10-14)11-2-6-13(17)7-3-11/h2-10H,1H3. The molecule has 0 spiro atoms. The van der Waals surface area contributed by atoms with E-state index in [0.29, 0.717) is 0 Å². The van der Waals surface area contributed by atoms with Crippen molar-refractivity contribution in [1.29, 1.82) is 0 Å². The highest BCUT2D eigenvalue weighted by molar-refractivity contribution is 6.30. The molecule has 1 heterocycles. The van der Waals surface area contributed by atoms with Gasteiger partial charge in [0.2, 0.25) is 0 Å². The second-order valence-electron chi connectivity index (χ2n) is 4.26. The molecule has 3 aromatic rings. The summed E-state index contributed by atoms with van der Waals surface area (Å²) in [7, 11) is 1.66. The van der Waals surface area contributed by atoms with Crippen LogP contribution >= 0.6 is 11.6 Å². The van der Waals surface area contributed by atoms with E-state index in [1.807, 2.05) is 48.5 Å². The van der Waals surface area contributed by atoms with E-state index in [1.54, 1.807) is 7.11 Å². The number of aromatic nitrogens is 1. The molecule has 94 valence electrons. The molecule has 0 unspecified atom stereocenters. The summed E-state index contributed by atoms with van der Waals surface area (Å²) < 4.78 is 5.23. The van der Waals surface area contributed by atoms with Gasteiger partial charge < -0.3 is 4.74 Å². The van der Waals surface area contributed by atoms with Crippen LogP contribution in [0, 0.1) is 0 Å². The molecule has 0 bridgehead atoms. The van der Waals surface area contributed by atoms with Gasteiger partial charge in [-0.2, -0.15) is 0 Å². The molecule has 0 aliphatic carbocycles. The maximum absolute atomic E-state index is 5.90. The van der Waals surface area contributed by atoms with Crippen LogP contribution in [-0.2, 0) is 0 Å². The number of benzene rings is 2. The average molecular weight is 270 g/mol. The first-order valence-corrected chi connectivity index (χ1v) is 6.35. The monoisotopic (exact) mass is 269 g/mol. The lowest BCUT2D eigenvalue weighted by molar-refractivity contribution is 0.415. The molecule has 1 aromatic heterocycles. The van der Waals surface area contributed by atoms with Crippen LogP contribution in [0.3, 0.4) is 0 Å². The molecule has 19 heavy (non-hydrogen) atoms. The number of ether oxygens (including phenoxy) is 1. The third-order valence-corrected chi connectivity index (χ3v) is 3.29. The molecule has 0 fully saturated rings. The molecule has 0 saturated carbocycles. The molecule has 3 rings (SSSR count). The largest absolute Gasteiger partial charge is 0.497 e. The average Bonchev–Trinajstić information content (AvgIpc) is 2.47. The molecule has 2 aromatic carbocycles. The van der Waals surface area contributed by atoms with Crippen molar-refractivity contribution in [1.82, 2.24) is 4.98 Å². The van der Waals surface area contributed by atoms with E-state index < -0.39 is 0 Å². The molecule has 0 saturated heterocycles. The van der Waals surface area contributed by atoms with E-state index in [0.717, 1.165) is 32.9 Å². The quantitative estimate of drug-likeness (QED) is 0.680. The van der Waals surface area contributed by atoms with Crippen molar-refractivity contribution in [3.8, 4) is 17.0 Å². The van der Waals surface area contributed by atoms with Gasteiger partial charge in [-0.15, -0.1) is 0 Å². The van der Waals surface area contributed by atoms with Gasteiger partial charge in [-0.05, 0) is 30.3 Å². The van der Waals surface area contributed by atoms with Crippen LogP contribution < -0.4 is 4.74 Å². The SMILES string of the molecule is COc1ccc2ccc(-c3ccc(Cl)cc3)nc2c1. The number of nitrogens with zero attached hydrogens (tertiary/aromatic N) is 1. The minimum Gasteiger partial charge on any atom is -0.497 e. The predicted octanol–water partition coefficient (Wildman–Crippen LogP) is 4.56. The third-order valence-electron chi connectivity index (χ3n) is 3.04. The van der Waals surface area contributed by atoms with Gasteiger partial charge in [0.1, 0.15) is 5.75 Å². The molecule has 3 heteroatoms. The molecular weight excluding hydrogens is 258 g/mol. The molecule has 0 radical (unpaired) electrons. The molecule has 2 nitrogen and oxygen atoms in total. The first kappa shape index (κ1) is 12.0. The fourth-order valence-electron chi connectivity index (χ4n) is 2.01. The summed E-state index contributed by atoms with van der Waals surface area (Å²) in [4.78, 5) is 4.66. The zero-order chi connectivity index (χ0) is 13.2. The molecule has 0 aliphatic rings. The van der Waals surface area contributed by atoms with Crippen molar-refractivity contribution in [2.45, 2.75) is 0 Å². The first-order chi connectivity index (χ1) is 9.26. The lowest BCUT2D eigenvalue weighted by atomic mass is 10.1. The maximum Gasteiger partial charge on any atom is 0.121 e. The minimum absolute atomic E-state index is 0.728. The van der Waals surface area contributed by atoms with Crippen molar-refractivity contribution >= 4 is 22.5 Å².